The molecule has 5 aromatic rings. The van der Waals surface area contributed by atoms with Crippen LogP contribution in [0.3, 0.4) is 0 Å². The van der Waals surface area contributed by atoms with E-state index >= 15 is 0 Å². The van der Waals surface area contributed by atoms with Gasteiger partial charge < -0.3 is 14.5 Å². The molecule has 0 spiro atoms. The second kappa shape index (κ2) is 10.2. The van der Waals surface area contributed by atoms with E-state index in [1.807, 2.05) is 59.3 Å². The lowest BCUT2D eigenvalue weighted by molar-refractivity contribution is 0.174. The number of hydrogen-bond donors (Lipinski definition) is 1. The van der Waals surface area contributed by atoms with Gasteiger partial charge in [0.2, 0.25) is 6.79 Å². The molecule has 186 valence electrons. The first kappa shape index (κ1) is 22.9. The molecule has 0 fully saturated rings. The van der Waals surface area contributed by atoms with E-state index in [1.165, 1.54) is 5.56 Å². The van der Waals surface area contributed by atoms with Gasteiger partial charge in [0.05, 0.1) is 18.6 Å². The van der Waals surface area contributed by atoms with Crippen LogP contribution in [0.2, 0.25) is 0 Å². The summed E-state index contributed by atoms with van der Waals surface area (Å²) in [5.74, 6) is 2.08. The monoisotopic (exact) mass is 494 g/mol. The Morgan fingerprint density at radius 1 is 0.892 bits per heavy atom. The molecular formula is C28H26N6O3. The number of rotatable bonds is 9. The van der Waals surface area contributed by atoms with Crippen LogP contribution in [0.25, 0.3) is 10.9 Å². The van der Waals surface area contributed by atoms with Crippen molar-refractivity contribution >= 4 is 10.9 Å². The molecule has 3 aromatic carbocycles. The highest BCUT2D eigenvalue weighted by atomic mass is 16.7. The zero-order valence-electron chi connectivity index (χ0n) is 20.2. The van der Waals surface area contributed by atoms with Gasteiger partial charge in [-0.1, -0.05) is 60.7 Å². The van der Waals surface area contributed by atoms with Crippen molar-refractivity contribution in [2.24, 2.45) is 0 Å². The van der Waals surface area contributed by atoms with E-state index < -0.39 is 0 Å². The third kappa shape index (κ3) is 5.22. The molecule has 0 radical (unpaired) electrons. The van der Waals surface area contributed by atoms with Crippen molar-refractivity contribution in [1.82, 2.24) is 30.1 Å². The van der Waals surface area contributed by atoms with Gasteiger partial charge in [-0.3, -0.25) is 9.69 Å². The van der Waals surface area contributed by atoms with E-state index in [9.17, 15) is 4.79 Å². The summed E-state index contributed by atoms with van der Waals surface area (Å²) in [7, 11) is 0. The average Bonchev–Trinajstić information content (AvgIpc) is 3.56. The van der Waals surface area contributed by atoms with Gasteiger partial charge >= 0.3 is 0 Å². The van der Waals surface area contributed by atoms with Crippen molar-refractivity contribution < 1.29 is 9.47 Å². The van der Waals surface area contributed by atoms with Crippen LogP contribution in [0.5, 0.6) is 11.5 Å². The lowest BCUT2D eigenvalue weighted by Gasteiger charge is -2.22. The first-order chi connectivity index (χ1) is 18.2. The molecule has 37 heavy (non-hydrogen) atoms. The molecule has 2 aromatic heterocycles. The summed E-state index contributed by atoms with van der Waals surface area (Å²) < 4.78 is 12.8. The van der Waals surface area contributed by atoms with Crippen molar-refractivity contribution in [3.05, 3.63) is 112 Å². The van der Waals surface area contributed by atoms with Gasteiger partial charge in [0.15, 0.2) is 17.3 Å². The van der Waals surface area contributed by atoms with E-state index in [0.29, 0.717) is 36.7 Å². The molecule has 1 N–H and O–H groups in total. The van der Waals surface area contributed by atoms with Crippen LogP contribution in [-0.2, 0) is 26.1 Å². The van der Waals surface area contributed by atoms with Crippen molar-refractivity contribution in [1.29, 1.82) is 0 Å². The lowest BCUT2D eigenvalue weighted by Crippen LogP contribution is -2.30. The van der Waals surface area contributed by atoms with E-state index in [4.69, 9.17) is 9.47 Å². The summed E-state index contributed by atoms with van der Waals surface area (Å²) >= 11 is 0. The molecule has 1 aliphatic rings. The molecule has 9 heteroatoms. The molecule has 6 rings (SSSR count). The summed E-state index contributed by atoms with van der Waals surface area (Å²) in [5.41, 5.74) is 3.62. The van der Waals surface area contributed by atoms with Gasteiger partial charge in [0, 0.05) is 30.1 Å². The largest absolute Gasteiger partial charge is 0.454 e. The predicted octanol–water partition coefficient (Wildman–Crippen LogP) is 3.54. The summed E-state index contributed by atoms with van der Waals surface area (Å²) in [6, 6.07) is 26.1. The van der Waals surface area contributed by atoms with E-state index in [0.717, 1.165) is 35.3 Å². The third-order valence-electron chi connectivity index (χ3n) is 6.51. The number of benzene rings is 3. The molecule has 1 aliphatic heterocycles. The van der Waals surface area contributed by atoms with Gasteiger partial charge in [-0.25, -0.2) is 4.68 Å². The average molecular weight is 495 g/mol. The summed E-state index contributed by atoms with van der Waals surface area (Å²) in [5, 5.41) is 13.4. The SMILES string of the molecule is O=c1[nH]c2cc3c(cc2cc1CN(CCc1ccccc1)Cc1nnnn1Cc1ccccc1)OCO3. The second-order valence-corrected chi connectivity index (χ2v) is 9.10. The van der Waals surface area contributed by atoms with Gasteiger partial charge in [0.25, 0.3) is 5.56 Å². The number of fused-ring (bicyclic) bond motifs is 2. The maximum Gasteiger partial charge on any atom is 0.252 e. The minimum Gasteiger partial charge on any atom is -0.454 e. The highest BCUT2D eigenvalue weighted by Crippen LogP contribution is 2.35. The Morgan fingerprint density at radius 2 is 1.62 bits per heavy atom. The molecule has 0 amide bonds. The zero-order chi connectivity index (χ0) is 25.0. The van der Waals surface area contributed by atoms with E-state index in [2.05, 4.69) is 49.7 Å². The molecule has 0 saturated carbocycles. The van der Waals surface area contributed by atoms with Crippen LogP contribution in [0.1, 0.15) is 22.5 Å². The highest BCUT2D eigenvalue weighted by molar-refractivity contribution is 5.83. The number of H-pyrrole nitrogens is 1. The Kier molecular flexibility index (Phi) is 6.35. The van der Waals surface area contributed by atoms with Crippen LogP contribution in [0.4, 0.5) is 0 Å². The van der Waals surface area contributed by atoms with Gasteiger partial charge in [0.1, 0.15) is 0 Å². The molecular weight excluding hydrogens is 468 g/mol. The van der Waals surface area contributed by atoms with Crippen molar-refractivity contribution in [3.8, 4) is 11.5 Å². The topological polar surface area (TPSA) is 98.2 Å². The number of nitrogens with zero attached hydrogens (tertiary/aromatic N) is 5. The molecule has 3 heterocycles. The smallest absolute Gasteiger partial charge is 0.252 e. The zero-order valence-corrected chi connectivity index (χ0v) is 20.2. The van der Waals surface area contributed by atoms with E-state index in [-0.39, 0.29) is 12.4 Å². The van der Waals surface area contributed by atoms with Gasteiger partial charge in [-0.2, -0.15) is 0 Å². The van der Waals surface area contributed by atoms with E-state index in [1.54, 1.807) is 0 Å². The number of pyridine rings is 1. The molecule has 9 nitrogen and oxygen atoms in total. The first-order valence-electron chi connectivity index (χ1n) is 12.2. The number of aromatic nitrogens is 5. The number of ether oxygens (including phenoxy) is 2. The van der Waals surface area contributed by atoms with Crippen LogP contribution in [0, 0.1) is 0 Å². The fourth-order valence-corrected chi connectivity index (χ4v) is 4.56. The summed E-state index contributed by atoms with van der Waals surface area (Å²) in [6.45, 7) is 2.46. The first-order valence-corrected chi connectivity index (χ1v) is 12.2. The highest BCUT2D eigenvalue weighted by Gasteiger charge is 2.18. The maximum atomic E-state index is 13.1. The molecule has 0 atom stereocenters. The van der Waals surface area contributed by atoms with Crippen molar-refractivity contribution in [2.75, 3.05) is 13.3 Å². The maximum absolute atomic E-state index is 13.1. The van der Waals surface area contributed by atoms with Gasteiger partial charge in [-0.15, -0.1) is 5.10 Å². The fraction of sp³-hybridized carbons (Fsp3) is 0.214. The Hall–Kier alpha value is -4.50. The summed E-state index contributed by atoms with van der Waals surface area (Å²) in [4.78, 5) is 18.3. The standard InChI is InChI=1S/C28H26N6O3/c35-28-23(13-22-14-25-26(37-19-36-25)15-24(22)29-28)17-33(12-11-20-7-3-1-4-8-20)18-27-30-31-32-34(27)16-21-9-5-2-6-10-21/h1-10,13-15H,11-12,16-19H2,(H,29,35). The van der Waals surface area contributed by atoms with Crippen LogP contribution in [0.15, 0.2) is 83.7 Å². The van der Waals surface area contributed by atoms with Gasteiger partial charge in [-0.05, 0) is 40.1 Å². The Bertz CT molecular complexity index is 1570. The fourth-order valence-electron chi connectivity index (χ4n) is 4.56. The molecule has 0 saturated heterocycles. The Labute approximate surface area is 213 Å². The Balaban J connectivity index is 1.27. The van der Waals surface area contributed by atoms with Crippen LogP contribution < -0.4 is 15.0 Å². The number of nitrogens with one attached hydrogen (secondary N) is 1. The number of aromatic amines is 1. The van der Waals surface area contributed by atoms with Crippen LogP contribution >= 0.6 is 0 Å². The third-order valence-corrected chi connectivity index (χ3v) is 6.51. The number of tetrazole rings is 1. The Morgan fingerprint density at radius 3 is 2.41 bits per heavy atom. The molecule has 0 bridgehead atoms. The van der Waals surface area contributed by atoms with Crippen LogP contribution in [-0.4, -0.2) is 43.4 Å². The summed E-state index contributed by atoms with van der Waals surface area (Å²) in [6.07, 6.45) is 0.839. The van der Waals surface area contributed by atoms with Crippen molar-refractivity contribution in [2.45, 2.75) is 26.1 Å². The van der Waals surface area contributed by atoms with Crippen molar-refractivity contribution in [3.63, 3.8) is 0 Å². The predicted molar refractivity (Wildman–Crippen MR) is 138 cm³/mol. The minimum atomic E-state index is -0.125. The normalized spacial score (nSPS) is 12.5. The molecule has 0 unspecified atom stereocenters. The quantitative estimate of drug-likeness (QED) is 0.335. The lowest BCUT2D eigenvalue weighted by atomic mass is 10.1. The second-order valence-electron chi connectivity index (χ2n) is 9.10. The number of hydrogen-bond acceptors (Lipinski definition) is 7. The molecule has 0 aliphatic carbocycles. The minimum absolute atomic E-state index is 0.125.